The molecule has 1 unspecified atom stereocenters. The van der Waals surface area contributed by atoms with Crippen LogP contribution in [0.5, 0.6) is 0 Å². The molecule has 5 amide bonds. The molecule has 1 spiro atoms. The van der Waals surface area contributed by atoms with Crippen LogP contribution in [0.15, 0.2) is 48.5 Å². The Balaban J connectivity index is 0.735. The molecule has 4 N–H and O–H groups in total. The molecule has 4 aromatic rings. The standard InChI is InChI=1S/C46H51F2N7O6S/c1-44(2,61)29-18-33-35(19-32(29)51-39(57)31-8-5-9-36(50-31)45(3,47)48)62-41(52-33)27-12-10-25(11-13-27)22-54-23-46(24-54)20-26(21-46)16-17-49-30-7-4-6-28-38(30)43(60)55(42(28)59)34-14-15-37(56)53-40(34)58/h4-9,18-19,25-27,34,49,61H,10-17,20-24H2,1-3H3,(H,51,57)(H,53,56,58)/t25-,27-,34?. The summed E-state index contributed by atoms with van der Waals surface area (Å²) < 4.78 is 28.7. The van der Waals surface area contributed by atoms with Gasteiger partial charge in [-0.25, -0.2) is 9.97 Å². The van der Waals surface area contributed by atoms with Gasteiger partial charge in [0.25, 0.3) is 23.6 Å². The van der Waals surface area contributed by atoms with Gasteiger partial charge in [0.15, 0.2) is 0 Å². The van der Waals surface area contributed by atoms with Crippen molar-refractivity contribution >= 4 is 62.5 Å². The Morgan fingerprint density at radius 2 is 1.68 bits per heavy atom. The molecule has 4 fully saturated rings. The molecule has 5 aliphatic rings. The van der Waals surface area contributed by atoms with Gasteiger partial charge in [-0.2, -0.15) is 8.78 Å². The number of alkyl halides is 2. The highest BCUT2D eigenvalue weighted by Gasteiger charge is 2.52. The molecule has 2 aromatic heterocycles. The normalized spacial score (nSPS) is 23.0. The molecule has 2 aliphatic carbocycles. The molecule has 5 heterocycles. The van der Waals surface area contributed by atoms with E-state index in [0.29, 0.717) is 52.2 Å². The summed E-state index contributed by atoms with van der Waals surface area (Å²) in [5.41, 5.74) is 1.24. The van der Waals surface area contributed by atoms with Crippen molar-refractivity contribution < 1.29 is 37.9 Å². The first-order chi connectivity index (χ1) is 29.4. The lowest BCUT2D eigenvalue weighted by atomic mass is 9.57. The molecule has 16 heteroatoms. The van der Waals surface area contributed by atoms with E-state index in [9.17, 15) is 37.9 Å². The van der Waals surface area contributed by atoms with Crippen LogP contribution in [0.25, 0.3) is 10.2 Å². The van der Waals surface area contributed by atoms with Gasteiger partial charge in [-0.3, -0.25) is 34.2 Å². The second kappa shape index (κ2) is 15.9. The van der Waals surface area contributed by atoms with Crippen molar-refractivity contribution in [2.75, 3.05) is 36.8 Å². The Labute approximate surface area is 362 Å². The summed E-state index contributed by atoms with van der Waals surface area (Å²) in [5.74, 6) is -4.29. The van der Waals surface area contributed by atoms with E-state index in [2.05, 4.69) is 25.8 Å². The number of rotatable bonds is 12. The minimum absolute atomic E-state index is 0.0818. The Kier molecular flexibility index (Phi) is 10.8. The Bertz CT molecular complexity index is 2470. The van der Waals surface area contributed by atoms with Crippen LogP contribution in [0.4, 0.5) is 20.2 Å². The van der Waals surface area contributed by atoms with Crippen LogP contribution in [0.3, 0.4) is 0 Å². The highest BCUT2D eigenvalue weighted by Crippen LogP contribution is 2.53. The van der Waals surface area contributed by atoms with Gasteiger partial charge in [-0.15, -0.1) is 11.3 Å². The first-order valence-corrected chi connectivity index (χ1v) is 22.4. The summed E-state index contributed by atoms with van der Waals surface area (Å²) in [7, 11) is 0. The summed E-state index contributed by atoms with van der Waals surface area (Å²) >= 11 is 1.60. The molecule has 2 aromatic carbocycles. The molecule has 2 saturated heterocycles. The second-order valence-corrected chi connectivity index (χ2v) is 19.8. The zero-order valence-electron chi connectivity index (χ0n) is 35.1. The number of nitrogens with one attached hydrogen (secondary N) is 3. The number of aromatic nitrogens is 2. The molecule has 2 saturated carbocycles. The Morgan fingerprint density at radius 3 is 2.39 bits per heavy atom. The van der Waals surface area contributed by atoms with Crippen molar-refractivity contribution in [2.24, 2.45) is 17.3 Å². The number of nitrogens with zero attached hydrogens (tertiary/aromatic N) is 4. The average Bonchev–Trinajstić information content (AvgIpc) is 3.73. The fourth-order valence-electron chi connectivity index (χ4n) is 10.5. The van der Waals surface area contributed by atoms with Gasteiger partial charge in [0.2, 0.25) is 11.8 Å². The molecule has 326 valence electrons. The van der Waals surface area contributed by atoms with Gasteiger partial charge >= 0.3 is 0 Å². The van der Waals surface area contributed by atoms with Gasteiger partial charge < -0.3 is 20.6 Å². The number of benzene rings is 2. The summed E-state index contributed by atoms with van der Waals surface area (Å²) in [6.45, 7) is 8.03. The lowest BCUT2D eigenvalue weighted by molar-refractivity contribution is -0.136. The highest BCUT2D eigenvalue weighted by atomic mass is 32.1. The van der Waals surface area contributed by atoms with Crippen LogP contribution in [-0.4, -0.2) is 86.6 Å². The monoisotopic (exact) mass is 867 g/mol. The number of carbonyl (C=O) groups is 5. The average molecular weight is 868 g/mol. The van der Waals surface area contributed by atoms with E-state index in [4.69, 9.17) is 4.98 Å². The van der Waals surface area contributed by atoms with Crippen molar-refractivity contribution in [2.45, 2.75) is 102 Å². The number of aliphatic hydroxyl groups is 1. The minimum atomic E-state index is -3.19. The SMILES string of the molecule is CC(C)(O)c1cc2nc([C@H]3CC[C@H](CN4CC5(CC(CCNc6cccc7c6C(=O)N(C6CCC(=O)NC6=O)C7=O)C5)C4)CC3)sc2cc1NC(=O)c1cccc(C(C)(F)F)n1. The van der Waals surface area contributed by atoms with Crippen LogP contribution in [0, 0.1) is 17.3 Å². The summed E-state index contributed by atoms with van der Waals surface area (Å²) in [4.78, 5) is 76.4. The molecular formula is C46H51F2N7O6S. The van der Waals surface area contributed by atoms with Crippen LogP contribution in [-0.2, 0) is 21.1 Å². The number of likely N-dealkylation sites (tertiary alicyclic amines) is 1. The maximum atomic E-state index is 13.9. The van der Waals surface area contributed by atoms with Crippen LogP contribution in [0.2, 0.25) is 0 Å². The van der Waals surface area contributed by atoms with E-state index in [-0.39, 0.29) is 24.1 Å². The Hall–Kier alpha value is -5.19. The van der Waals surface area contributed by atoms with E-state index in [1.165, 1.54) is 31.0 Å². The third kappa shape index (κ3) is 8.12. The van der Waals surface area contributed by atoms with E-state index < -0.39 is 52.8 Å². The number of pyridine rings is 1. The van der Waals surface area contributed by atoms with Gasteiger partial charge in [-0.05, 0) is 119 Å². The van der Waals surface area contributed by atoms with Crippen LogP contribution in [0.1, 0.15) is 132 Å². The number of hydrogen-bond acceptors (Lipinski definition) is 11. The summed E-state index contributed by atoms with van der Waals surface area (Å²) in [6.07, 6.45) is 7.88. The first-order valence-electron chi connectivity index (χ1n) is 21.6. The predicted molar refractivity (Wildman–Crippen MR) is 229 cm³/mol. The largest absolute Gasteiger partial charge is 0.386 e. The molecule has 3 aliphatic heterocycles. The fraction of sp³-hybridized carbons (Fsp3) is 0.500. The first kappa shape index (κ1) is 42.1. The molecule has 13 nitrogen and oxygen atoms in total. The molecule has 0 bridgehead atoms. The number of amides is 5. The topological polar surface area (TPSA) is 174 Å². The maximum Gasteiger partial charge on any atom is 0.287 e. The zero-order valence-corrected chi connectivity index (χ0v) is 35.9. The van der Waals surface area contributed by atoms with Gasteiger partial charge in [-0.1, -0.05) is 12.1 Å². The zero-order chi connectivity index (χ0) is 43.7. The highest BCUT2D eigenvalue weighted by molar-refractivity contribution is 7.18. The smallest absolute Gasteiger partial charge is 0.287 e. The molecule has 0 radical (unpaired) electrons. The molecule has 62 heavy (non-hydrogen) atoms. The third-order valence-corrected chi connectivity index (χ3v) is 14.7. The van der Waals surface area contributed by atoms with Gasteiger partial charge in [0.05, 0.1) is 32.0 Å². The van der Waals surface area contributed by atoms with Crippen molar-refractivity contribution in [3.05, 3.63) is 81.6 Å². The molecule has 1 atom stereocenters. The van der Waals surface area contributed by atoms with E-state index in [0.717, 1.165) is 78.8 Å². The van der Waals surface area contributed by atoms with Gasteiger partial charge in [0.1, 0.15) is 17.4 Å². The maximum absolute atomic E-state index is 13.9. The van der Waals surface area contributed by atoms with E-state index in [1.807, 2.05) is 12.1 Å². The van der Waals surface area contributed by atoms with Crippen LogP contribution < -0.4 is 16.0 Å². The summed E-state index contributed by atoms with van der Waals surface area (Å²) in [5, 5.41) is 20.5. The quantitative estimate of drug-likeness (QED) is 0.107. The van der Waals surface area contributed by atoms with Crippen molar-refractivity contribution in [1.82, 2.24) is 25.1 Å². The number of imide groups is 2. The third-order valence-electron chi connectivity index (χ3n) is 13.5. The lowest BCUT2D eigenvalue weighted by Gasteiger charge is -2.60. The number of halogens is 2. The number of thiazole rings is 1. The number of anilines is 2. The van der Waals surface area contributed by atoms with E-state index in [1.54, 1.807) is 43.4 Å². The van der Waals surface area contributed by atoms with Crippen molar-refractivity contribution in [3.63, 3.8) is 0 Å². The second-order valence-electron chi connectivity index (χ2n) is 18.8. The predicted octanol–water partition coefficient (Wildman–Crippen LogP) is 7.17. The molecular weight excluding hydrogens is 817 g/mol. The number of carbonyl (C=O) groups excluding carboxylic acids is 5. The lowest BCUT2D eigenvalue weighted by Crippen LogP contribution is -2.63. The van der Waals surface area contributed by atoms with Crippen molar-refractivity contribution in [1.29, 1.82) is 0 Å². The van der Waals surface area contributed by atoms with Crippen LogP contribution >= 0.6 is 11.3 Å². The number of piperidine rings is 1. The number of hydrogen-bond donors (Lipinski definition) is 4. The fourth-order valence-corrected chi connectivity index (χ4v) is 11.6. The Morgan fingerprint density at radius 1 is 0.935 bits per heavy atom. The summed E-state index contributed by atoms with van der Waals surface area (Å²) in [6, 6.07) is 11.7. The van der Waals surface area contributed by atoms with E-state index >= 15 is 0 Å². The minimum Gasteiger partial charge on any atom is -0.386 e. The number of fused-ring (bicyclic) bond motifs is 2. The van der Waals surface area contributed by atoms with Crippen molar-refractivity contribution in [3.8, 4) is 0 Å². The molecule has 9 rings (SSSR count). The van der Waals surface area contributed by atoms with Gasteiger partial charge in [0, 0.05) is 62.4 Å².